The van der Waals surface area contributed by atoms with Crippen molar-refractivity contribution in [3.63, 3.8) is 0 Å². The lowest BCUT2D eigenvalue weighted by Gasteiger charge is -2.19. The molecule has 2 unspecified atom stereocenters. The van der Waals surface area contributed by atoms with Gasteiger partial charge in [0.25, 0.3) is 5.56 Å². The van der Waals surface area contributed by atoms with E-state index in [0.29, 0.717) is 12.8 Å². The highest BCUT2D eigenvalue weighted by Crippen LogP contribution is 2.66. The lowest BCUT2D eigenvalue weighted by molar-refractivity contribution is -0.173. The summed E-state index contributed by atoms with van der Waals surface area (Å²) in [7, 11) is -16.9. The number of H-pyrrole nitrogens is 1. The van der Waals surface area contributed by atoms with Crippen LogP contribution in [-0.2, 0) is 41.2 Å². The van der Waals surface area contributed by atoms with E-state index in [2.05, 4.69) is 18.5 Å². The summed E-state index contributed by atoms with van der Waals surface area (Å²) >= 11 is 0. The molecule has 0 aromatic carbocycles. The quantitative estimate of drug-likeness (QED) is 0.0766. The van der Waals surface area contributed by atoms with Crippen molar-refractivity contribution in [1.29, 1.82) is 0 Å². The summed E-state index contributed by atoms with van der Waals surface area (Å²) in [6.45, 7) is -1.24. The second-order valence-corrected chi connectivity index (χ2v) is 13.8. The summed E-state index contributed by atoms with van der Waals surface area (Å²) in [5.74, 6) is -2.45. The molecule has 26 heteroatoms. The standard InChI is InChI=1S/C20H30F3N4O16P3/c21-20(22,23)18(31)25-7-3-1-2-6-15(29)24-8-4-5-12-10-27(19(32)26-17(12)30)16-9-13(28)14(41-16)11-40-45(36,37)43-46(38,39)42-44(33,34)35/h4-5,10,13-14,16,28H,1-3,6-9,11H2,(H,24,29)(H,25,31)(H,36,37)(H,38,39)(H,26,30,32)(H2,33,34,35)/b5-4+/t13-,14+,16+/m0/s1. The lowest BCUT2D eigenvalue weighted by atomic mass is 10.2. The Morgan fingerprint density at radius 2 is 1.74 bits per heavy atom. The Kier molecular flexibility index (Phi) is 14.3. The number of rotatable bonds is 17. The van der Waals surface area contributed by atoms with E-state index in [1.807, 2.05) is 4.98 Å². The van der Waals surface area contributed by atoms with Crippen LogP contribution in [0.2, 0.25) is 0 Å². The highest BCUT2D eigenvalue weighted by Gasteiger charge is 2.43. The Balaban J connectivity index is 1.87. The third kappa shape index (κ3) is 14.1. The number of carbonyl (C=O) groups excluding carboxylic acids is 2. The fraction of sp³-hybridized carbons (Fsp3) is 0.600. The zero-order valence-corrected chi connectivity index (χ0v) is 26.0. The molecule has 1 saturated heterocycles. The molecule has 1 aromatic heterocycles. The minimum absolute atomic E-state index is 0.0388. The minimum Gasteiger partial charge on any atom is -0.390 e. The van der Waals surface area contributed by atoms with Gasteiger partial charge in [0.15, 0.2) is 0 Å². The zero-order valence-electron chi connectivity index (χ0n) is 23.3. The second-order valence-electron chi connectivity index (χ2n) is 9.34. The highest BCUT2D eigenvalue weighted by atomic mass is 31.3. The zero-order chi connectivity index (χ0) is 34.9. The fourth-order valence-corrected chi connectivity index (χ4v) is 6.71. The van der Waals surface area contributed by atoms with Crippen LogP contribution in [0.5, 0.6) is 0 Å². The Hall–Kier alpha value is -2.52. The van der Waals surface area contributed by atoms with Crippen LogP contribution in [0, 0.1) is 0 Å². The molecule has 1 aromatic rings. The monoisotopic (exact) mass is 732 g/mol. The summed E-state index contributed by atoms with van der Waals surface area (Å²) in [5, 5.41) is 14.5. The molecule has 1 fully saturated rings. The molecule has 46 heavy (non-hydrogen) atoms. The van der Waals surface area contributed by atoms with Crippen LogP contribution in [-0.4, -0.2) is 84.1 Å². The third-order valence-electron chi connectivity index (χ3n) is 5.67. The molecular formula is C20H30F3N4O16P3. The van der Waals surface area contributed by atoms with Gasteiger partial charge >= 0.3 is 41.2 Å². The van der Waals surface area contributed by atoms with Gasteiger partial charge in [-0.15, -0.1) is 0 Å². The van der Waals surface area contributed by atoms with E-state index in [9.17, 15) is 60.9 Å². The van der Waals surface area contributed by atoms with Gasteiger partial charge in [-0.2, -0.15) is 21.8 Å². The van der Waals surface area contributed by atoms with Gasteiger partial charge in [0.05, 0.1) is 18.3 Å². The maximum atomic E-state index is 12.4. The van der Waals surface area contributed by atoms with E-state index in [1.54, 1.807) is 5.32 Å². The van der Waals surface area contributed by atoms with E-state index in [-0.39, 0.29) is 37.9 Å². The van der Waals surface area contributed by atoms with Gasteiger partial charge in [0, 0.05) is 32.1 Å². The van der Waals surface area contributed by atoms with Crippen LogP contribution in [0.1, 0.15) is 43.9 Å². The first-order chi connectivity index (χ1) is 21.1. The molecule has 2 amide bonds. The molecule has 2 heterocycles. The summed E-state index contributed by atoms with van der Waals surface area (Å²) in [6.07, 6.45) is -4.81. The SMILES string of the molecule is O=C(CCCCCNC(=O)C(F)(F)F)NC/C=C/c1cn([C@H]2C[C@H](O)[C@@H](COP(=O)(O)OP(=O)(O)OP(=O)(O)O)O2)c(=O)[nH]c1=O. The summed E-state index contributed by atoms with van der Waals surface area (Å²) in [6, 6.07) is 0. The van der Waals surface area contributed by atoms with Crippen LogP contribution in [0.15, 0.2) is 21.9 Å². The van der Waals surface area contributed by atoms with Gasteiger partial charge in [-0.3, -0.25) is 28.5 Å². The molecule has 0 spiro atoms. The summed E-state index contributed by atoms with van der Waals surface area (Å²) in [5.41, 5.74) is -1.90. The maximum absolute atomic E-state index is 12.4. The average Bonchev–Trinajstić information content (AvgIpc) is 3.25. The van der Waals surface area contributed by atoms with E-state index < -0.39 is 77.8 Å². The molecular weight excluding hydrogens is 702 g/mol. The topological polar surface area (TPSA) is 302 Å². The molecule has 262 valence electrons. The minimum atomic E-state index is -5.78. The predicted molar refractivity (Wildman–Crippen MR) is 145 cm³/mol. The van der Waals surface area contributed by atoms with Gasteiger partial charge < -0.3 is 40.1 Å². The number of alkyl halides is 3. The van der Waals surface area contributed by atoms with Crippen molar-refractivity contribution in [3.05, 3.63) is 38.7 Å². The number of hydrogen-bond acceptors (Lipinski definition) is 12. The van der Waals surface area contributed by atoms with Crippen LogP contribution >= 0.6 is 23.5 Å². The molecule has 0 saturated carbocycles. The number of ether oxygens (including phenoxy) is 1. The first kappa shape index (κ1) is 39.7. The smallest absolute Gasteiger partial charge is 0.390 e. The predicted octanol–water partition coefficient (Wildman–Crippen LogP) is -0.103. The van der Waals surface area contributed by atoms with Crippen LogP contribution in [0.4, 0.5) is 13.2 Å². The fourth-order valence-electron chi connectivity index (χ4n) is 3.68. The molecule has 5 atom stereocenters. The summed E-state index contributed by atoms with van der Waals surface area (Å²) in [4.78, 5) is 85.1. The number of hydrogen-bond donors (Lipinski definition) is 8. The number of halogens is 3. The average molecular weight is 732 g/mol. The van der Waals surface area contributed by atoms with Crippen molar-refractivity contribution >= 4 is 41.4 Å². The van der Waals surface area contributed by atoms with Crippen molar-refractivity contribution in [2.24, 2.45) is 0 Å². The Bertz CT molecular complexity index is 1530. The maximum Gasteiger partial charge on any atom is 0.490 e. The van der Waals surface area contributed by atoms with E-state index >= 15 is 0 Å². The number of aromatic nitrogens is 2. The second kappa shape index (κ2) is 16.5. The van der Waals surface area contributed by atoms with Crippen LogP contribution in [0.3, 0.4) is 0 Å². The van der Waals surface area contributed by atoms with E-state index in [1.165, 1.54) is 12.2 Å². The molecule has 2 rings (SSSR count). The number of nitrogens with one attached hydrogen (secondary N) is 3. The Morgan fingerprint density at radius 3 is 2.37 bits per heavy atom. The molecule has 0 bridgehead atoms. The van der Waals surface area contributed by atoms with Crippen LogP contribution < -0.4 is 21.9 Å². The highest BCUT2D eigenvalue weighted by molar-refractivity contribution is 7.66. The molecule has 0 aliphatic carbocycles. The number of amides is 2. The molecule has 1 aliphatic heterocycles. The molecule has 8 N–H and O–H groups in total. The first-order valence-electron chi connectivity index (χ1n) is 12.8. The van der Waals surface area contributed by atoms with Gasteiger partial charge in [0.2, 0.25) is 5.91 Å². The Labute approximate surface area is 256 Å². The Morgan fingerprint density at radius 1 is 1.07 bits per heavy atom. The van der Waals surface area contributed by atoms with Crippen LogP contribution in [0.25, 0.3) is 6.08 Å². The largest absolute Gasteiger partial charge is 0.490 e. The van der Waals surface area contributed by atoms with E-state index in [4.69, 9.17) is 14.5 Å². The van der Waals surface area contributed by atoms with Gasteiger partial charge in [0.1, 0.15) is 12.3 Å². The van der Waals surface area contributed by atoms with Crippen molar-refractivity contribution in [2.75, 3.05) is 19.7 Å². The number of aromatic amines is 1. The van der Waals surface area contributed by atoms with Gasteiger partial charge in [-0.1, -0.05) is 18.6 Å². The van der Waals surface area contributed by atoms with Crippen molar-refractivity contribution < 1.29 is 79.0 Å². The van der Waals surface area contributed by atoms with Crippen molar-refractivity contribution in [2.45, 2.75) is 56.7 Å². The van der Waals surface area contributed by atoms with Gasteiger partial charge in [-0.25, -0.2) is 18.5 Å². The number of unbranched alkanes of at least 4 members (excludes halogenated alkanes) is 2. The number of nitrogens with zero attached hydrogens (tertiary/aromatic N) is 1. The summed E-state index contributed by atoms with van der Waals surface area (Å²) < 4.78 is 88.2. The van der Waals surface area contributed by atoms with Gasteiger partial charge in [-0.05, 0) is 12.8 Å². The lowest BCUT2D eigenvalue weighted by Crippen LogP contribution is -2.37. The van der Waals surface area contributed by atoms with E-state index in [0.717, 1.165) is 10.8 Å². The van der Waals surface area contributed by atoms with Crippen molar-refractivity contribution in [1.82, 2.24) is 20.2 Å². The number of carbonyl (C=O) groups is 2. The third-order valence-corrected chi connectivity index (χ3v) is 9.47. The molecule has 1 aliphatic rings. The number of phosphoric acid groups is 3. The number of aliphatic hydroxyl groups excluding tert-OH is 1. The molecule has 0 radical (unpaired) electrons. The first-order valence-corrected chi connectivity index (χ1v) is 17.4. The molecule has 20 nitrogen and oxygen atoms in total. The number of phosphoric ester groups is 1. The van der Waals surface area contributed by atoms with Crippen molar-refractivity contribution in [3.8, 4) is 0 Å². The normalized spacial score (nSPS) is 21.5. The number of aliphatic hydroxyl groups is 1.